The zero-order valence-electron chi connectivity index (χ0n) is 14.3. The van der Waals surface area contributed by atoms with Crippen LogP contribution in [0.4, 0.5) is 0 Å². The lowest BCUT2D eigenvalue weighted by atomic mass is 9.96. The Bertz CT molecular complexity index is 320. The van der Waals surface area contributed by atoms with E-state index in [1.807, 2.05) is 0 Å². The molecule has 0 bridgehead atoms. The Labute approximate surface area is 130 Å². The monoisotopic (exact) mass is 298 g/mol. The number of ether oxygens (including phenoxy) is 1. The summed E-state index contributed by atoms with van der Waals surface area (Å²) < 4.78 is 5.32. The largest absolute Gasteiger partial charge is 0.394 e. The number of nitrogens with one attached hydrogen (secondary N) is 1. The van der Waals surface area contributed by atoms with Gasteiger partial charge in [0.05, 0.1) is 13.2 Å². The van der Waals surface area contributed by atoms with Crippen molar-refractivity contribution in [1.29, 1.82) is 0 Å². The molecule has 4 heteroatoms. The molecule has 2 aliphatic rings. The van der Waals surface area contributed by atoms with Crippen molar-refractivity contribution >= 4 is 0 Å². The van der Waals surface area contributed by atoms with E-state index < -0.39 is 0 Å². The van der Waals surface area contributed by atoms with Gasteiger partial charge in [-0.2, -0.15) is 0 Å². The first kappa shape index (κ1) is 17.2. The first-order valence-corrected chi connectivity index (χ1v) is 8.64. The lowest BCUT2D eigenvalue weighted by Crippen LogP contribution is -2.52. The third-order valence-electron chi connectivity index (χ3n) is 5.33. The van der Waals surface area contributed by atoms with Crippen LogP contribution in [0.3, 0.4) is 0 Å². The van der Waals surface area contributed by atoms with Crippen LogP contribution in [0.15, 0.2) is 0 Å². The van der Waals surface area contributed by atoms with Crippen LogP contribution in [-0.4, -0.2) is 60.5 Å². The summed E-state index contributed by atoms with van der Waals surface area (Å²) in [5.41, 5.74) is -0.0760. The number of aliphatic hydroxyl groups excluding tert-OH is 1. The fourth-order valence-electron chi connectivity index (χ4n) is 4.08. The van der Waals surface area contributed by atoms with Gasteiger partial charge in [0.1, 0.15) is 0 Å². The molecule has 0 heterocycles. The molecule has 0 aromatic carbocycles. The van der Waals surface area contributed by atoms with E-state index in [1.54, 1.807) is 7.11 Å². The molecule has 0 aliphatic heterocycles. The van der Waals surface area contributed by atoms with Crippen molar-refractivity contribution < 1.29 is 9.84 Å². The molecule has 0 spiro atoms. The molecule has 0 aromatic rings. The zero-order valence-corrected chi connectivity index (χ0v) is 14.3. The Morgan fingerprint density at radius 2 is 2.00 bits per heavy atom. The van der Waals surface area contributed by atoms with Gasteiger partial charge in [0, 0.05) is 37.3 Å². The van der Waals surface area contributed by atoms with E-state index in [0.29, 0.717) is 18.1 Å². The molecule has 0 radical (unpaired) electrons. The van der Waals surface area contributed by atoms with Gasteiger partial charge in [-0.05, 0) is 44.9 Å². The SMILES string of the molecule is COCCN(C1CCC(CO)(NC(C)C)C1)C(C)C1CC1. The predicted octanol–water partition coefficient (Wildman–Crippen LogP) is 2.01. The Morgan fingerprint density at radius 3 is 2.52 bits per heavy atom. The second-order valence-electron chi connectivity index (χ2n) is 7.44. The van der Waals surface area contributed by atoms with Crippen LogP contribution in [0.25, 0.3) is 0 Å². The maximum Gasteiger partial charge on any atom is 0.0614 e. The molecule has 2 aliphatic carbocycles. The van der Waals surface area contributed by atoms with E-state index in [0.717, 1.165) is 31.9 Å². The summed E-state index contributed by atoms with van der Waals surface area (Å²) in [5.74, 6) is 0.879. The molecule has 2 N–H and O–H groups in total. The summed E-state index contributed by atoms with van der Waals surface area (Å²) in [6.07, 6.45) is 6.08. The highest BCUT2D eigenvalue weighted by Crippen LogP contribution is 2.40. The Hall–Kier alpha value is -0.160. The van der Waals surface area contributed by atoms with Crippen molar-refractivity contribution in [3.63, 3.8) is 0 Å². The van der Waals surface area contributed by atoms with Crippen LogP contribution in [0.5, 0.6) is 0 Å². The van der Waals surface area contributed by atoms with E-state index in [4.69, 9.17) is 4.74 Å². The van der Waals surface area contributed by atoms with Crippen LogP contribution in [0, 0.1) is 5.92 Å². The highest BCUT2D eigenvalue weighted by atomic mass is 16.5. The maximum atomic E-state index is 9.90. The number of hydrogen-bond donors (Lipinski definition) is 2. The molecule has 4 nitrogen and oxygen atoms in total. The van der Waals surface area contributed by atoms with Gasteiger partial charge >= 0.3 is 0 Å². The smallest absolute Gasteiger partial charge is 0.0614 e. The van der Waals surface area contributed by atoms with Crippen LogP contribution >= 0.6 is 0 Å². The minimum atomic E-state index is -0.0760. The third-order valence-corrected chi connectivity index (χ3v) is 5.33. The molecule has 2 fully saturated rings. The number of nitrogens with zero attached hydrogens (tertiary/aromatic N) is 1. The van der Waals surface area contributed by atoms with Crippen LogP contribution in [-0.2, 0) is 4.74 Å². The highest BCUT2D eigenvalue weighted by molar-refractivity contribution is 5.02. The number of methoxy groups -OCH3 is 1. The van der Waals surface area contributed by atoms with Crippen molar-refractivity contribution in [2.24, 2.45) is 5.92 Å². The molecule has 0 aromatic heterocycles. The topological polar surface area (TPSA) is 44.7 Å². The molecule has 2 saturated carbocycles. The summed E-state index contributed by atoms with van der Waals surface area (Å²) >= 11 is 0. The van der Waals surface area contributed by atoms with Crippen molar-refractivity contribution in [2.45, 2.75) is 76.5 Å². The van der Waals surface area contributed by atoms with Gasteiger partial charge in [0.2, 0.25) is 0 Å². The second-order valence-corrected chi connectivity index (χ2v) is 7.44. The normalized spacial score (nSPS) is 31.3. The summed E-state index contributed by atoms with van der Waals surface area (Å²) in [7, 11) is 1.78. The Morgan fingerprint density at radius 1 is 1.29 bits per heavy atom. The van der Waals surface area contributed by atoms with Crippen LogP contribution in [0.2, 0.25) is 0 Å². The molecule has 3 atom stereocenters. The Kier molecular flexibility index (Phi) is 6.06. The van der Waals surface area contributed by atoms with Crippen LogP contribution in [0.1, 0.15) is 52.9 Å². The van der Waals surface area contributed by atoms with E-state index in [1.165, 1.54) is 19.3 Å². The van der Waals surface area contributed by atoms with Gasteiger partial charge in [-0.1, -0.05) is 13.8 Å². The third kappa shape index (κ3) is 4.41. The average Bonchev–Trinajstić information content (AvgIpc) is 3.22. The van der Waals surface area contributed by atoms with Gasteiger partial charge < -0.3 is 15.2 Å². The first-order valence-electron chi connectivity index (χ1n) is 8.64. The molecule has 124 valence electrons. The van der Waals surface area contributed by atoms with E-state index >= 15 is 0 Å². The van der Waals surface area contributed by atoms with Crippen molar-refractivity contribution in [3.05, 3.63) is 0 Å². The minimum Gasteiger partial charge on any atom is -0.394 e. The van der Waals surface area contributed by atoms with Crippen molar-refractivity contribution in [2.75, 3.05) is 26.9 Å². The van der Waals surface area contributed by atoms with E-state index in [-0.39, 0.29) is 12.1 Å². The first-order chi connectivity index (χ1) is 10.0. The fourth-order valence-corrected chi connectivity index (χ4v) is 4.08. The van der Waals surface area contributed by atoms with Gasteiger partial charge in [-0.3, -0.25) is 4.90 Å². The molecule has 0 amide bonds. The predicted molar refractivity (Wildman–Crippen MR) is 86.5 cm³/mol. The summed E-state index contributed by atoms with van der Waals surface area (Å²) in [6, 6.07) is 1.65. The number of aliphatic hydroxyl groups is 1. The van der Waals surface area contributed by atoms with Crippen LogP contribution < -0.4 is 5.32 Å². The lowest BCUT2D eigenvalue weighted by Gasteiger charge is -2.37. The quantitative estimate of drug-likeness (QED) is 0.683. The van der Waals surface area contributed by atoms with Gasteiger partial charge in [-0.15, -0.1) is 0 Å². The average molecular weight is 298 g/mol. The Balaban J connectivity index is 2.00. The second kappa shape index (κ2) is 7.40. The molecule has 21 heavy (non-hydrogen) atoms. The maximum absolute atomic E-state index is 9.90. The summed E-state index contributed by atoms with van der Waals surface area (Å²) in [4.78, 5) is 2.65. The molecule has 3 unspecified atom stereocenters. The fraction of sp³-hybridized carbons (Fsp3) is 1.00. The van der Waals surface area contributed by atoms with Crippen molar-refractivity contribution in [1.82, 2.24) is 10.2 Å². The molecule has 0 saturated heterocycles. The number of hydrogen-bond acceptors (Lipinski definition) is 4. The summed E-state index contributed by atoms with van der Waals surface area (Å²) in [5, 5.41) is 13.5. The van der Waals surface area contributed by atoms with Gasteiger partial charge in [-0.25, -0.2) is 0 Å². The molecular formula is C17H34N2O2. The lowest BCUT2D eigenvalue weighted by molar-refractivity contribution is 0.0738. The highest BCUT2D eigenvalue weighted by Gasteiger charge is 2.43. The standard InChI is InChI=1S/C17H34N2O2/c1-13(2)18-17(12-20)8-7-16(11-17)19(9-10-21-4)14(3)15-5-6-15/h13-16,18,20H,5-12H2,1-4H3. The summed E-state index contributed by atoms with van der Waals surface area (Å²) in [6.45, 7) is 8.78. The van der Waals surface area contributed by atoms with E-state index in [2.05, 4.69) is 31.0 Å². The van der Waals surface area contributed by atoms with Gasteiger partial charge in [0.15, 0.2) is 0 Å². The number of rotatable bonds is 9. The van der Waals surface area contributed by atoms with Gasteiger partial charge in [0.25, 0.3) is 0 Å². The van der Waals surface area contributed by atoms with Crippen molar-refractivity contribution in [3.8, 4) is 0 Å². The van der Waals surface area contributed by atoms with E-state index in [9.17, 15) is 5.11 Å². The molecular weight excluding hydrogens is 264 g/mol. The minimum absolute atomic E-state index is 0.0760. The molecule has 2 rings (SSSR count). The zero-order chi connectivity index (χ0) is 15.5.